The molecule has 0 aliphatic carbocycles. The lowest BCUT2D eigenvalue weighted by Crippen LogP contribution is -2.55. The van der Waals surface area contributed by atoms with Crippen LogP contribution < -0.4 is 0 Å². The predicted octanol–water partition coefficient (Wildman–Crippen LogP) is 5.67. The van der Waals surface area contributed by atoms with Crippen LogP contribution in [0.5, 0.6) is 0 Å². The number of rotatable bonds is 7. The fourth-order valence-electron chi connectivity index (χ4n) is 2.51. The normalized spacial score (nSPS) is 15.4. The first-order chi connectivity index (χ1) is 11.3. The molecular formula is C17H28F6O2Si. The Balaban J connectivity index is 4.70. The molecule has 0 aromatic rings. The summed E-state index contributed by atoms with van der Waals surface area (Å²) in [6.07, 6.45) is -9.94. The van der Waals surface area contributed by atoms with E-state index in [4.69, 9.17) is 9.53 Å². The van der Waals surface area contributed by atoms with E-state index < -0.39 is 26.3 Å². The number of hydrogen-bond donors (Lipinski definition) is 1. The number of alkyl halides is 6. The van der Waals surface area contributed by atoms with Crippen LogP contribution in [-0.2, 0) is 4.43 Å². The minimum atomic E-state index is -5.90. The molecule has 9 heteroatoms. The molecule has 26 heavy (non-hydrogen) atoms. The molecule has 2 nitrogen and oxygen atoms in total. The highest BCUT2D eigenvalue weighted by Gasteiger charge is 2.70. The molecule has 0 amide bonds. The Labute approximate surface area is 152 Å². The summed E-state index contributed by atoms with van der Waals surface area (Å²) < 4.78 is 81.1. The first-order valence-corrected chi connectivity index (χ1v) is 11.8. The molecule has 1 unspecified atom stereocenters. The van der Waals surface area contributed by atoms with Crippen molar-refractivity contribution < 1.29 is 35.9 Å². The molecule has 0 bridgehead atoms. The highest BCUT2D eigenvalue weighted by molar-refractivity contribution is 6.69. The topological polar surface area (TPSA) is 29.5 Å². The van der Waals surface area contributed by atoms with E-state index in [0.717, 1.165) is 12.3 Å². The van der Waals surface area contributed by atoms with E-state index in [9.17, 15) is 26.3 Å². The van der Waals surface area contributed by atoms with Gasteiger partial charge in [0.15, 0.2) is 8.32 Å². The van der Waals surface area contributed by atoms with Crippen molar-refractivity contribution in [2.24, 2.45) is 5.92 Å². The average Bonchev–Trinajstić information content (AvgIpc) is 2.32. The maximum Gasteiger partial charge on any atom is 0.438 e. The molecule has 0 radical (unpaired) electrons. The molecular weight excluding hydrogens is 378 g/mol. The monoisotopic (exact) mass is 406 g/mol. The second-order valence-corrected chi connectivity index (χ2v) is 12.6. The van der Waals surface area contributed by atoms with Gasteiger partial charge in [-0.3, -0.25) is 0 Å². The SMILES string of the molecule is CC(CC#CC(O)(C(F)(F)F)C(F)(F)F)CCCC(C)(C)O[Si](C)(C)C. The summed E-state index contributed by atoms with van der Waals surface area (Å²) in [6.45, 7) is 11.8. The van der Waals surface area contributed by atoms with Crippen LogP contribution in [-0.4, -0.2) is 37.0 Å². The molecule has 0 rings (SSSR count). The molecule has 1 atom stereocenters. The zero-order valence-electron chi connectivity index (χ0n) is 16.0. The zero-order valence-corrected chi connectivity index (χ0v) is 17.0. The van der Waals surface area contributed by atoms with Gasteiger partial charge in [-0.2, -0.15) is 26.3 Å². The van der Waals surface area contributed by atoms with Crippen LogP contribution in [0.2, 0.25) is 19.6 Å². The third-order valence-corrected chi connectivity index (χ3v) is 4.76. The highest BCUT2D eigenvalue weighted by Crippen LogP contribution is 2.42. The second kappa shape index (κ2) is 8.53. The molecule has 0 saturated heterocycles. The quantitative estimate of drug-likeness (QED) is 0.335. The number of hydrogen-bond acceptors (Lipinski definition) is 2. The fraction of sp³-hybridized carbons (Fsp3) is 0.882. The van der Waals surface area contributed by atoms with Gasteiger partial charge in [-0.25, -0.2) is 0 Å². The van der Waals surface area contributed by atoms with Gasteiger partial charge >= 0.3 is 18.0 Å². The Morgan fingerprint density at radius 2 is 1.46 bits per heavy atom. The lowest BCUT2D eigenvalue weighted by atomic mass is 9.95. The van der Waals surface area contributed by atoms with Gasteiger partial charge in [-0.05, 0) is 58.2 Å². The molecule has 0 aromatic carbocycles. The van der Waals surface area contributed by atoms with Crippen molar-refractivity contribution >= 4 is 8.32 Å². The van der Waals surface area contributed by atoms with Gasteiger partial charge in [-0.15, -0.1) is 0 Å². The van der Waals surface area contributed by atoms with Crippen LogP contribution in [0.15, 0.2) is 0 Å². The fourth-order valence-corrected chi connectivity index (χ4v) is 4.27. The van der Waals surface area contributed by atoms with E-state index in [1.165, 1.54) is 0 Å². The minimum Gasteiger partial charge on any atom is -0.413 e. The Morgan fingerprint density at radius 3 is 1.85 bits per heavy atom. The molecule has 0 aliphatic rings. The Hall–Kier alpha value is -0.723. The van der Waals surface area contributed by atoms with E-state index in [-0.39, 0.29) is 17.9 Å². The van der Waals surface area contributed by atoms with Gasteiger partial charge in [0.2, 0.25) is 0 Å². The molecule has 0 saturated carbocycles. The van der Waals surface area contributed by atoms with Gasteiger partial charge in [-0.1, -0.05) is 19.3 Å². The van der Waals surface area contributed by atoms with Crippen molar-refractivity contribution in [1.29, 1.82) is 0 Å². The van der Waals surface area contributed by atoms with Crippen LogP contribution in [0.1, 0.15) is 46.5 Å². The number of aliphatic hydroxyl groups is 1. The minimum absolute atomic E-state index is 0.163. The van der Waals surface area contributed by atoms with Crippen LogP contribution in [0.3, 0.4) is 0 Å². The first kappa shape index (κ1) is 25.3. The summed E-state index contributed by atoms with van der Waals surface area (Å²) in [7, 11) is -1.71. The van der Waals surface area contributed by atoms with Crippen LogP contribution in [0, 0.1) is 17.8 Å². The van der Waals surface area contributed by atoms with Crippen molar-refractivity contribution in [2.75, 3.05) is 0 Å². The second-order valence-electron chi connectivity index (χ2n) is 8.18. The van der Waals surface area contributed by atoms with Crippen molar-refractivity contribution in [3.63, 3.8) is 0 Å². The summed E-state index contributed by atoms with van der Waals surface area (Å²) in [5.41, 5.74) is -5.32. The number of halogens is 6. The Morgan fingerprint density at radius 1 is 1.00 bits per heavy atom. The summed E-state index contributed by atoms with van der Waals surface area (Å²) >= 11 is 0. The van der Waals surface area contributed by atoms with Crippen molar-refractivity contribution in [1.82, 2.24) is 0 Å². The Kier molecular flexibility index (Phi) is 8.29. The van der Waals surface area contributed by atoms with Crippen LogP contribution >= 0.6 is 0 Å². The summed E-state index contributed by atoms with van der Waals surface area (Å²) in [4.78, 5) is 0. The first-order valence-electron chi connectivity index (χ1n) is 8.37. The van der Waals surface area contributed by atoms with E-state index in [1.54, 1.807) is 6.92 Å². The van der Waals surface area contributed by atoms with Crippen LogP contribution in [0.4, 0.5) is 26.3 Å². The molecule has 0 spiro atoms. The maximum absolute atomic E-state index is 12.5. The summed E-state index contributed by atoms with van der Waals surface area (Å²) in [5, 5.41) is 8.95. The van der Waals surface area contributed by atoms with Crippen molar-refractivity contribution in [3.05, 3.63) is 0 Å². The lowest BCUT2D eigenvalue weighted by molar-refractivity contribution is -0.343. The van der Waals surface area contributed by atoms with Crippen molar-refractivity contribution in [3.8, 4) is 11.8 Å². The van der Waals surface area contributed by atoms with E-state index >= 15 is 0 Å². The maximum atomic E-state index is 12.5. The van der Waals surface area contributed by atoms with Gasteiger partial charge in [0.25, 0.3) is 0 Å². The van der Waals surface area contributed by atoms with E-state index in [1.807, 2.05) is 19.8 Å². The predicted molar refractivity (Wildman–Crippen MR) is 91.0 cm³/mol. The molecule has 1 N–H and O–H groups in total. The molecule has 0 heterocycles. The third-order valence-electron chi connectivity index (χ3n) is 3.60. The van der Waals surface area contributed by atoms with Gasteiger partial charge in [0.05, 0.1) is 5.60 Å². The Bertz CT molecular complexity index is 495. The summed E-state index contributed by atoms with van der Waals surface area (Å²) in [5.74, 6) is 2.64. The lowest BCUT2D eigenvalue weighted by Gasteiger charge is -2.33. The largest absolute Gasteiger partial charge is 0.438 e. The molecule has 0 aliphatic heterocycles. The zero-order chi connectivity index (χ0) is 21.0. The third kappa shape index (κ3) is 8.31. The molecule has 154 valence electrons. The van der Waals surface area contributed by atoms with Gasteiger partial charge < -0.3 is 9.53 Å². The molecule has 0 aromatic heterocycles. The average molecular weight is 406 g/mol. The highest BCUT2D eigenvalue weighted by atomic mass is 28.4. The molecule has 0 fully saturated rings. The van der Waals surface area contributed by atoms with Crippen LogP contribution in [0.25, 0.3) is 0 Å². The van der Waals surface area contributed by atoms with Gasteiger partial charge in [0.1, 0.15) is 0 Å². The smallest absolute Gasteiger partial charge is 0.413 e. The van der Waals surface area contributed by atoms with E-state index in [2.05, 4.69) is 19.6 Å². The van der Waals surface area contributed by atoms with Crippen molar-refractivity contribution in [2.45, 2.75) is 89.7 Å². The van der Waals surface area contributed by atoms with Gasteiger partial charge in [0, 0.05) is 6.42 Å². The summed E-state index contributed by atoms with van der Waals surface area (Å²) in [6, 6.07) is 0. The standard InChI is InChI=1S/C17H28F6O2Si/c1-13(9-7-11-14(2,3)25-26(4,5)6)10-8-12-15(24,16(18,19)20)17(21,22)23/h13,24H,7,9-11H2,1-6H3. The van der Waals surface area contributed by atoms with E-state index in [0.29, 0.717) is 12.8 Å².